The monoisotopic (exact) mass is 434 g/mol. The topological polar surface area (TPSA) is 190 Å². The summed E-state index contributed by atoms with van der Waals surface area (Å²) in [5.74, 6) is -2.93. The second-order valence-electron chi connectivity index (χ2n) is 7.13. The molecule has 3 aromatic rings. The second-order valence-corrected chi connectivity index (χ2v) is 7.13. The van der Waals surface area contributed by atoms with Gasteiger partial charge in [0, 0.05) is 17.7 Å². The molecule has 31 heavy (non-hydrogen) atoms. The first-order chi connectivity index (χ1) is 14.6. The van der Waals surface area contributed by atoms with Crippen molar-refractivity contribution in [2.24, 2.45) is 0 Å². The van der Waals surface area contributed by atoms with Crippen LogP contribution in [-0.4, -0.2) is 67.0 Å². The van der Waals surface area contributed by atoms with E-state index in [2.05, 4.69) is 0 Å². The maximum absolute atomic E-state index is 12.5. The fourth-order valence-electron chi connectivity index (χ4n) is 3.20. The van der Waals surface area contributed by atoms with E-state index in [-0.39, 0.29) is 28.0 Å². The molecule has 11 heteroatoms. The number of phenolic OH excluding ortho intramolecular Hbond substituents is 4. The molecule has 0 bridgehead atoms. The molecule has 0 aliphatic carbocycles. The standard InChI is InChI=1S/C20H18O11/c21-6-20(28)7-29-19(18(20)27)31-14-5-13-15(17(26)16(14)25)11(24)4-12(30-13)8-1-2-9(22)10(23)3-8/h1-5,18-19,21-23,25-28H,6-7H2/t18-,19-,20-/m0/s1. The molecule has 11 nitrogen and oxygen atoms in total. The highest BCUT2D eigenvalue weighted by Gasteiger charge is 2.49. The van der Waals surface area contributed by atoms with Gasteiger partial charge in [-0.2, -0.15) is 0 Å². The van der Waals surface area contributed by atoms with E-state index < -0.39 is 59.6 Å². The minimum absolute atomic E-state index is 0.0179. The van der Waals surface area contributed by atoms with Crippen molar-refractivity contribution in [1.82, 2.24) is 0 Å². The van der Waals surface area contributed by atoms with Gasteiger partial charge in [0.1, 0.15) is 28.4 Å². The molecule has 4 rings (SSSR count). The van der Waals surface area contributed by atoms with E-state index >= 15 is 0 Å². The van der Waals surface area contributed by atoms with E-state index in [1.807, 2.05) is 0 Å². The minimum atomic E-state index is -1.97. The Hall–Kier alpha value is -3.51. The van der Waals surface area contributed by atoms with Crippen LogP contribution in [-0.2, 0) is 4.74 Å². The van der Waals surface area contributed by atoms with Crippen LogP contribution in [0.1, 0.15) is 0 Å². The summed E-state index contributed by atoms with van der Waals surface area (Å²) in [6, 6.07) is 5.84. The molecule has 2 aromatic carbocycles. The van der Waals surface area contributed by atoms with Crippen molar-refractivity contribution in [1.29, 1.82) is 0 Å². The van der Waals surface area contributed by atoms with E-state index in [0.29, 0.717) is 0 Å². The lowest BCUT2D eigenvalue weighted by molar-refractivity contribution is -0.116. The molecule has 1 fully saturated rings. The number of rotatable bonds is 4. The van der Waals surface area contributed by atoms with Crippen LogP contribution in [0.2, 0.25) is 0 Å². The van der Waals surface area contributed by atoms with Crippen LogP contribution < -0.4 is 10.2 Å². The molecular weight excluding hydrogens is 416 g/mol. The Labute approximate surface area is 173 Å². The quantitative estimate of drug-likeness (QED) is 0.276. The van der Waals surface area contributed by atoms with Gasteiger partial charge in [-0.05, 0) is 18.2 Å². The Balaban J connectivity index is 1.79. The first kappa shape index (κ1) is 20.8. The lowest BCUT2D eigenvalue weighted by Crippen LogP contribution is -2.48. The van der Waals surface area contributed by atoms with Gasteiger partial charge < -0.3 is 49.6 Å². The molecule has 2 heterocycles. The van der Waals surface area contributed by atoms with Crippen LogP contribution in [0, 0.1) is 0 Å². The maximum Gasteiger partial charge on any atom is 0.229 e. The summed E-state index contributed by atoms with van der Waals surface area (Å²) in [4.78, 5) is 12.5. The minimum Gasteiger partial charge on any atom is -0.504 e. The number of benzene rings is 2. The van der Waals surface area contributed by atoms with Gasteiger partial charge in [-0.15, -0.1) is 0 Å². The maximum atomic E-state index is 12.5. The normalized spacial score (nSPS) is 23.3. The molecule has 0 radical (unpaired) electrons. The third-order valence-electron chi connectivity index (χ3n) is 5.01. The van der Waals surface area contributed by atoms with Crippen LogP contribution in [0.15, 0.2) is 39.5 Å². The van der Waals surface area contributed by atoms with Crippen molar-refractivity contribution in [3.63, 3.8) is 0 Å². The molecule has 1 aliphatic rings. The Morgan fingerprint density at radius 3 is 2.45 bits per heavy atom. The van der Waals surface area contributed by atoms with E-state index in [0.717, 1.165) is 18.2 Å². The average molecular weight is 434 g/mol. The third kappa shape index (κ3) is 3.39. The SMILES string of the molecule is O=c1cc(-c2ccc(O)c(O)c2)oc2cc(O[C@@H]3OC[C@@](O)(CO)[C@H]3O)c(O)c(O)c12. The molecule has 1 aliphatic heterocycles. The number of ether oxygens (including phenoxy) is 2. The van der Waals surface area contributed by atoms with Gasteiger partial charge in [0.15, 0.2) is 28.4 Å². The highest BCUT2D eigenvalue weighted by molar-refractivity contribution is 5.89. The summed E-state index contributed by atoms with van der Waals surface area (Å²) >= 11 is 0. The third-order valence-corrected chi connectivity index (χ3v) is 5.01. The largest absolute Gasteiger partial charge is 0.504 e. The predicted molar refractivity (Wildman–Crippen MR) is 103 cm³/mol. The van der Waals surface area contributed by atoms with Crippen molar-refractivity contribution in [2.45, 2.75) is 18.0 Å². The molecule has 0 amide bonds. The fraction of sp³-hybridized carbons (Fsp3) is 0.250. The highest BCUT2D eigenvalue weighted by Crippen LogP contribution is 2.43. The smallest absolute Gasteiger partial charge is 0.229 e. The fourth-order valence-corrected chi connectivity index (χ4v) is 3.20. The summed E-state index contributed by atoms with van der Waals surface area (Å²) in [5.41, 5.74) is -2.65. The molecule has 0 unspecified atom stereocenters. The van der Waals surface area contributed by atoms with Crippen LogP contribution in [0.3, 0.4) is 0 Å². The number of aliphatic hydroxyl groups excluding tert-OH is 2. The molecule has 1 saturated heterocycles. The Morgan fingerprint density at radius 1 is 1.06 bits per heavy atom. The van der Waals surface area contributed by atoms with Gasteiger partial charge in [-0.25, -0.2) is 0 Å². The molecule has 1 aromatic heterocycles. The first-order valence-electron chi connectivity index (χ1n) is 8.99. The summed E-state index contributed by atoms with van der Waals surface area (Å²) in [7, 11) is 0. The Bertz CT molecular complexity index is 1220. The van der Waals surface area contributed by atoms with Crippen LogP contribution in [0.4, 0.5) is 0 Å². The molecule has 164 valence electrons. The summed E-state index contributed by atoms with van der Waals surface area (Å²) < 4.78 is 16.1. The number of aromatic hydroxyl groups is 4. The van der Waals surface area contributed by atoms with Crippen molar-refractivity contribution < 1.29 is 49.6 Å². The summed E-state index contributed by atoms with van der Waals surface area (Å²) in [5, 5.41) is 68.7. The number of hydrogen-bond acceptors (Lipinski definition) is 11. The first-order valence-corrected chi connectivity index (χ1v) is 8.99. The zero-order valence-corrected chi connectivity index (χ0v) is 15.7. The van der Waals surface area contributed by atoms with Gasteiger partial charge >= 0.3 is 0 Å². The van der Waals surface area contributed by atoms with E-state index in [4.69, 9.17) is 13.9 Å². The summed E-state index contributed by atoms with van der Waals surface area (Å²) in [6.07, 6.45) is -3.17. The van der Waals surface area contributed by atoms with Crippen molar-refractivity contribution >= 4 is 11.0 Å². The number of phenols is 4. The lowest BCUT2D eigenvalue weighted by atomic mass is 10.0. The van der Waals surface area contributed by atoms with Gasteiger partial charge in [0.2, 0.25) is 12.0 Å². The van der Waals surface area contributed by atoms with Crippen LogP contribution in [0.25, 0.3) is 22.3 Å². The van der Waals surface area contributed by atoms with Gasteiger partial charge in [0.05, 0.1) is 13.2 Å². The Kier molecular flexibility index (Phi) is 4.90. The number of hydrogen-bond donors (Lipinski definition) is 7. The van der Waals surface area contributed by atoms with Gasteiger partial charge in [-0.3, -0.25) is 4.79 Å². The second kappa shape index (κ2) is 7.32. The molecule has 0 spiro atoms. The lowest BCUT2D eigenvalue weighted by Gasteiger charge is -2.24. The van der Waals surface area contributed by atoms with Crippen molar-refractivity contribution in [3.05, 3.63) is 40.6 Å². The zero-order chi connectivity index (χ0) is 22.5. The molecule has 3 atom stereocenters. The average Bonchev–Trinajstić information content (AvgIpc) is 3.02. The highest BCUT2D eigenvalue weighted by atomic mass is 16.7. The van der Waals surface area contributed by atoms with Crippen LogP contribution in [0.5, 0.6) is 28.7 Å². The molecular formula is C20H18O11. The Morgan fingerprint density at radius 2 is 1.81 bits per heavy atom. The van der Waals surface area contributed by atoms with Crippen molar-refractivity contribution in [2.75, 3.05) is 13.2 Å². The van der Waals surface area contributed by atoms with E-state index in [1.165, 1.54) is 12.1 Å². The van der Waals surface area contributed by atoms with Gasteiger partial charge in [0.25, 0.3) is 0 Å². The van der Waals surface area contributed by atoms with Gasteiger partial charge in [-0.1, -0.05) is 0 Å². The van der Waals surface area contributed by atoms with E-state index in [1.54, 1.807) is 0 Å². The van der Waals surface area contributed by atoms with Crippen molar-refractivity contribution in [3.8, 4) is 40.1 Å². The summed E-state index contributed by atoms with van der Waals surface area (Å²) in [6.45, 7) is -1.25. The van der Waals surface area contributed by atoms with E-state index in [9.17, 15) is 40.5 Å². The van der Waals surface area contributed by atoms with Crippen LogP contribution >= 0.6 is 0 Å². The molecule has 0 saturated carbocycles. The molecule has 7 N–H and O–H groups in total. The predicted octanol–water partition coefficient (Wildman–Crippen LogP) is 0.102. The number of aliphatic hydroxyl groups is 3. The number of fused-ring (bicyclic) bond motifs is 1. The zero-order valence-electron chi connectivity index (χ0n) is 15.7.